The summed E-state index contributed by atoms with van der Waals surface area (Å²) in [7, 11) is 0. The Labute approximate surface area is 246 Å². The Morgan fingerprint density at radius 2 is 0.976 bits per heavy atom. The van der Waals surface area contributed by atoms with Crippen LogP contribution in [0.2, 0.25) is 0 Å². The zero-order chi connectivity index (χ0) is 27.5. The average molecular weight is 589 g/mol. The second kappa shape index (κ2) is 8.09. The van der Waals surface area contributed by atoms with Crippen LogP contribution in [0.15, 0.2) is 126 Å². The van der Waals surface area contributed by atoms with Gasteiger partial charge in [0.1, 0.15) is 0 Å². The first-order valence-corrected chi connectivity index (χ1v) is 15.0. The number of hydrogen-bond donors (Lipinski definition) is 0. The maximum Gasteiger partial charge on any atom is 0.0547 e. The van der Waals surface area contributed by atoms with E-state index in [4.69, 9.17) is 0 Å². The van der Waals surface area contributed by atoms with Gasteiger partial charge in [0.05, 0.1) is 11.0 Å². The first-order valence-electron chi connectivity index (χ1n) is 14.2. The van der Waals surface area contributed by atoms with E-state index in [9.17, 15) is 0 Å². The van der Waals surface area contributed by atoms with E-state index in [1.807, 2.05) is 0 Å². The normalized spacial score (nSPS) is 13.9. The van der Waals surface area contributed by atoms with Gasteiger partial charge in [0.15, 0.2) is 0 Å². The number of halogens is 1. The smallest absolute Gasteiger partial charge is 0.0547 e. The second-order valence-electron chi connectivity index (χ2n) is 11.9. The highest BCUT2D eigenvalue weighted by atomic mass is 79.9. The Morgan fingerprint density at radius 3 is 1.63 bits per heavy atom. The highest BCUT2D eigenvalue weighted by molar-refractivity contribution is 9.10. The third-order valence-electron chi connectivity index (χ3n) is 9.40. The van der Waals surface area contributed by atoms with Crippen molar-refractivity contribution in [1.29, 1.82) is 0 Å². The van der Waals surface area contributed by atoms with Crippen LogP contribution in [0.4, 0.5) is 0 Å². The monoisotopic (exact) mass is 587 g/mol. The minimum Gasteiger partial charge on any atom is -0.309 e. The number of hydrogen-bond acceptors (Lipinski definition) is 0. The van der Waals surface area contributed by atoms with Gasteiger partial charge in [0.25, 0.3) is 0 Å². The van der Waals surface area contributed by atoms with Crippen molar-refractivity contribution >= 4 is 70.1 Å². The molecule has 1 aromatic heterocycles. The van der Waals surface area contributed by atoms with E-state index < -0.39 is 0 Å². The van der Waals surface area contributed by atoms with Crippen LogP contribution in [-0.2, 0) is 5.41 Å². The minimum absolute atomic E-state index is 0.118. The molecule has 194 valence electrons. The van der Waals surface area contributed by atoms with Crippen molar-refractivity contribution in [3.8, 4) is 16.8 Å². The molecule has 1 aliphatic rings. The van der Waals surface area contributed by atoms with E-state index >= 15 is 0 Å². The highest BCUT2D eigenvalue weighted by Crippen LogP contribution is 2.53. The van der Waals surface area contributed by atoms with Crippen molar-refractivity contribution in [3.63, 3.8) is 0 Å². The molecule has 1 heterocycles. The Morgan fingerprint density at radius 1 is 0.463 bits per heavy atom. The molecule has 0 amide bonds. The third kappa shape index (κ3) is 3.06. The maximum absolute atomic E-state index is 3.75. The van der Waals surface area contributed by atoms with Crippen molar-refractivity contribution in [2.45, 2.75) is 19.3 Å². The second-order valence-corrected chi connectivity index (χ2v) is 12.8. The summed E-state index contributed by atoms with van der Waals surface area (Å²) in [6.45, 7) is 4.79. The van der Waals surface area contributed by atoms with Gasteiger partial charge >= 0.3 is 0 Å². The van der Waals surface area contributed by atoms with Gasteiger partial charge in [-0.1, -0.05) is 96.5 Å². The van der Waals surface area contributed by atoms with Crippen molar-refractivity contribution in [3.05, 3.63) is 137 Å². The zero-order valence-electron chi connectivity index (χ0n) is 22.9. The molecule has 41 heavy (non-hydrogen) atoms. The van der Waals surface area contributed by atoms with Crippen molar-refractivity contribution in [1.82, 2.24) is 4.57 Å². The summed E-state index contributed by atoms with van der Waals surface area (Å²) in [4.78, 5) is 0. The van der Waals surface area contributed by atoms with Crippen LogP contribution in [0, 0.1) is 0 Å². The molecule has 0 spiro atoms. The lowest BCUT2D eigenvalue weighted by molar-refractivity contribution is 0.662. The number of aromatic nitrogens is 1. The number of benzene rings is 7. The summed E-state index contributed by atoms with van der Waals surface area (Å²) in [6, 6.07) is 45.0. The molecule has 9 rings (SSSR count). The molecule has 0 atom stereocenters. The van der Waals surface area contributed by atoms with Crippen LogP contribution in [0.5, 0.6) is 0 Å². The molecule has 1 aliphatic carbocycles. The van der Waals surface area contributed by atoms with Gasteiger partial charge in [-0.15, -0.1) is 0 Å². The molecule has 0 saturated heterocycles. The van der Waals surface area contributed by atoms with E-state index in [0.717, 1.165) is 4.47 Å². The van der Waals surface area contributed by atoms with Crippen LogP contribution < -0.4 is 0 Å². The third-order valence-corrected chi connectivity index (χ3v) is 9.89. The lowest BCUT2D eigenvalue weighted by Crippen LogP contribution is -2.15. The van der Waals surface area contributed by atoms with E-state index in [0.29, 0.717) is 0 Å². The molecular formula is C39H26BrN. The van der Waals surface area contributed by atoms with E-state index in [-0.39, 0.29) is 5.41 Å². The Hall–Kier alpha value is -4.40. The molecule has 1 nitrogen and oxygen atoms in total. The topological polar surface area (TPSA) is 4.93 Å². The van der Waals surface area contributed by atoms with Gasteiger partial charge in [-0.25, -0.2) is 0 Å². The van der Waals surface area contributed by atoms with E-state index in [2.05, 4.69) is 156 Å². The minimum atomic E-state index is -0.118. The quantitative estimate of drug-likeness (QED) is 0.168. The Bertz CT molecular complexity index is 2390. The molecule has 0 radical (unpaired) electrons. The standard InChI is InChI=1S/C39H26BrN/c1-39(2)35-20-30-28-15-9-7-13-26(28)25-12-6-8-14-27(25)29(30)19-31(35)32-22-38-34(21-36(32)39)33-18-23(40)16-17-37(33)41(38)24-10-4-3-5-11-24/h3-22H,1-2H3. The SMILES string of the molecule is CC1(C)c2cc3c4ccccc4c4ccccc4c3cc2-c2cc3c(cc21)c1cc(Br)ccc1n3-c1ccccc1. The fourth-order valence-corrected chi connectivity index (χ4v) is 7.83. The zero-order valence-corrected chi connectivity index (χ0v) is 24.5. The molecule has 7 aromatic carbocycles. The fourth-order valence-electron chi connectivity index (χ4n) is 7.47. The maximum atomic E-state index is 3.75. The number of rotatable bonds is 1. The Balaban J connectivity index is 1.43. The fraction of sp³-hybridized carbons (Fsp3) is 0.0769. The van der Waals surface area contributed by atoms with Gasteiger partial charge in [-0.3, -0.25) is 0 Å². The molecule has 2 heteroatoms. The van der Waals surface area contributed by atoms with Crippen LogP contribution in [-0.4, -0.2) is 4.57 Å². The van der Waals surface area contributed by atoms with Gasteiger partial charge in [-0.2, -0.15) is 0 Å². The largest absolute Gasteiger partial charge is 0.309 e. The molecule has 0 N–H and O–H groups in total. The first-order chi connectivity index (χ1) is 20.0. The predicted octanol–water partition coefficient (Wildman–Crippen LogP) is 11.3. The molecule has 0 bridgehead atoms. The van der Waals surface area contributed by atoms with Crippen molar-refractivity contribution in [2.24, 2.45) is 0 Å². The van der Waals surface area contributed by atoms with E-state index in [1.54, 1.807) is 0 Å². The summed E-state index contributed by atoms with van der Waals surface area (Å²) >= 11 is 3.75. The predicted molar refractivity (Wildman–Crippen MR) is 179 cm³/mol. The van der Waals surface area contributed by atoms with Gasteiger partial charge in [0, 0.05) is 26.3 Å². The number of para-hydroxylation sites is 1. The van der Waals surface area contributed by atoms with Crippen molar-refractivity contribution < 1.29 is 0 Å². The Kier molecular flexibility index (Phi) is 4.60. The van der Waals surface area contributed by atoms with Crippen LogP contribution >= 0.6 is 15.9 Å². The first kappa shape index (κ1) is 23.3. The lowest BCUT2D eigenvalue weighted by Gasteiger charge is -2.22. The molecule has 0 fully saturated rings. The molecule has 0 aliphatic heterocycles. The number of nitrogens with zero attached hydrogens (tertiary/aromatic N) is 1. The van der Waals surface area contributed by atoms with E-state index in [1.165, 1.54) is 82.1 Å². The average Bonchev–Trinajstić information content (AvgIpc) is 3.43. The van der Waals surface area contributed by atoms with Gasteiger partial charge in [0.2, 0.25) is 0 Å². The molecule has 0 saturated carbocycles. The van der Waals surface area contributed by atoms with Gasteiger partial charge in [-0.05, 0) is 109 Å². The molecule has 0 unspecified atom stereocenters. The summed E-state index contributed by atoms with van der Waals surface area (Å²) in [6.07, 6.45) is 0. The summed E-state index contributed by atoms with van der Waals surface area (Å²) in [5.74, 6) is 0. The molecular weight excluding hydrogens is 562 g/mol. The van der Waals surface area contributed by atoms with Crippen LogP contribution in [0.1, 0.15) is 25.0 Å². The number of fused-ring (bicyclic) bond motifs is 12. The van der Waals surface area contributed by atoms with Crippen LogP contribution in [0.25, 0.3) is 70.9 Å². The highest BCUT2D eigenvalue weighted by Gasteiger charge is 2.37. The van der Waals surface area contributed by atoms with Crippen LogP contribution in [0.3, 0.4) is 0 Å². The lowest BCUT2D eigenvalue weighted by atomic mass is 9.81. The van der Waals surface area contributed by atoms with Crippen molar-refractivity contribution in [2.75, 3.05) is 0 Å². The molecule has 8 aromatic rings. The summed E-state index contributed by atoms with van der Waals surface area (Å²) in [5.41, 5.74) is 9.04. The summed E-state index contributed by atoms with van der Waals surface area (Å²) in [5, 5.41) is 10.5. The van der Waals surface area contributed by atoms with Gasteiger partial charge < -0.3 is 4.57 Å². The summed E-state index contributed by atoms with van der Waals surface area (Å²) < 4.78 is 3.52.